The van der Waals surface area contributed by atoms with Gasteiger partial charge in [0.15, 0.2) is 0 Å². The van der Waals surface area contributed by atoms with Crippen molar-refractivity contribution in [2.45, 2.75) is 25.7 Å². The molecule has 3 aromatic carbocycles. The molecule has 0 spiro atoms. The molecule has 2 unspecified atom stereocenters. The Morgan fingerprint density at radius 2 is 1.58 bits per heavy atom. The predicted octanol–water partition coefficient (Wildman–Crippen LogP) is 5.60. The third-order valence-electron chi connectivity index (χ3n) is 6.08. The molecule has 1 aliphatic rings. The molecule has 0 saturated carbocycles. The Bertz CT molecular complexity index is 1220. The number of nitrogens with zero attached hydrogens (tertiary/aromatic N) is 1. The molecule has 3 amide bonds. The van der Waals surface area contributed by atoms with E-state index in [2.05, 4.69) is 39.9 Å². The second-order valence-corrected chi connectivity index (χ2v) is 8.98. The van der Waals surface area contributed by atoms with Gasteiger partial charge in [-0.15, -0.1) is 0 Å². The van der Waals surface area contributed by atoms with Gasteiger partial charge in [-0.25, -0.2) is 4.79 Å². The summed E-state index contributed by atoms with van der Waals surface area (Å²) in [6, 6.07) is 20.4. The van der Waals surface area contributed by atoms with Crippen molar-refractivity contribution in [2.24, 2.45) is 5.92 Å². The lowest BCUT2D eigenvalue weighted by Crippen LogP contribution is -2.42. The third-order valence-corrected chi connectivity index (χ3v) is 6.08. The second kappa shape index (κ2) is 10.8. The number of hydrogen-bond donors (Lipinski definition) is 3. The molecule has 1 aliphatic heterocycles. The highest BCUT2D eigenvalue weighted by Gasteiger charge is 2.31. The second-order valence-electron chi connectivity index (χ2n) is 8.98. The maximum atomic E-state index is 12.9. The van der Waals surface area contributed by atoms with Crippen molar-refractivity contribution in [1.29, 1.82) is 0 Å². The van der Waals surface area contributed by atoms with Gasteiger partial charge in [-0.3, -0.25) is 9.69 Å². The fourth-order valence-electron chi connectivity index (χ4n) is 4.28. The van der Waals surface area contributed by atoms with Gasteiger partial charge in [0.1, 0.15) is 0 Å². The first-order valence-corrected chi connectivity index (χ1v) is 11.6. The molecular formula is C27H27F3N4O2. The van der Waals surface area contributed by atoms with E-state index in [-0.39, 0.29) is 29.2 Å². The lowest BCUT2D eigenvalue weighted by Gasteiger charge is -2.18. The van der Waals surface area contributed by atoms with Crippen LogP contribution in [-0.4, -0.2) is 36.0 Å². The highest BCUT2D eigenvalue weighted by atomic mass is 19.4. The van der Waals surface area contributed by atoms with Gasteiger partial charge in [-0.2, -0.15) is 13.2 Å². The van der Waals surface area contributed by atoms with Crippen LogP contribution in [0.15, 0.2) is 78.9 Å². The van der Waals surface area contributed by atoms with Crippen molar-refractivity contribution in [3.05, 3.63) is 95.6 Å². The number of carbonyl (C=O) groups excluding carboxylic acids is 2. The molecule has 0 aliphatic carbocycles. The summed E-state index contributed by atoms with van der Waals surface area (Å²) in [6.45, 7) is 4.50. The largest absolute Gasteiger partial charge is 0.416 e. The fourth-order valence-corrected chi connectivity index (χ4v) is 4.28. The minimum absolute atomic E-state index is 0.0268. The van der Waals surface area contributed by atoms with Crippen LogP contribution in [0.2, 0.25) is 0 Å². The first-order valence-electron chi connectivity index (χ1n) is 11.6. The standard InChI is InChI=1S/C27H27F3N4O2/c1-18-15-34(16-19-7-3-2-4-8-19)17-24(18)33-26(36)32-22-11-5-9-20(13-22)25(35)31-23-12-6-10-21(14-23)27(28,29)30/h2-14,18,24H,15-17H2,1H3,(H,31,35)(H2,32,33,36). The summed E-state index contributed by atoms with van der Waals surface area (Å²) in [5, 5.41) is 8.22. The van der Waals surface area contributed by atoms with Gasteiger partial charge in [-0.1, -0.05) is 49.4 Å². The first kappa shape index (κ1) is 25.2. The monoisotopic (exact) mass is 496 g/mol. The van der Waals surface area contributed by atoms with Crippen molar-refractivity contribution in [1.82, 2.24) is 10.2 Å². The molecule has 188 valence electrons. The molecule has 1 saturated heterocycles. The molecular weight excluding hydrogens is 469 g/mol. The van der Waals surface area contributed by atoms with E-state index in [4.69, 9.17) is 0 Å². The Kier molecular flexibility index (Phi) is 7.59. The number of amides is 3. The van der Waals surface area contributed by atoms with Crippen molar-refractivity contribution in [2.75, 3.05) is 23.7 Å². The third kappa shape index (κ3) is 6.63. The molecule has 0 radical (unpaired) electrons. The van der Waals surface area contributed by atoms with Crippen LogP contribution in [0, 0.1) is 5.92 Å². The van der Waals surface area contributed by atoms with E-state index < -0.39 is 17.6 Å². The van der Waals surface area contributed by atoms with Gasteiger partial charge in [0, 0.05) is 42.6 Å². The summed E-state index contributed by atoms with van der Waals surface area (Å²) in [6.07, 6.45) is -4.51. The van der Waals surface area contributed by atoms with Crippen molar-refractivity contribution >= 4 is 23.3 Å². The number of nitrogens with one attached hydrogen (secondary N) is 3. The first-order chi connectivity index (χ1) is 17.2. The van der Waals surface area contributed by atoms with Crippen LogP contribution in [0.1, 0.15) is 28.4 Å². The van der Waals surface area contributed by atoms with Gasteiger partial charge in [-0.05, 0) is 47.9 Å². The summed E-state index contributed by atoms with van der Waals surface area (Å²) < 4.78 is 38.8. The zero-order chi connectivity index (χ0) is 25.7. The zero-order valence-corrected chi connectivity index (χ0v) is 19.7. The normalized spacial score (nSPS) is 18.0. The van der Waals surface area contributed by atoms with Crippen LogP contribution >= 0.6 is 0 Å². The minimum atomic E-state index is -4.51. The van der Waals surface area contributed by atoms with E-state index in [0.29, 0.717) is 5.69 Å². The maximum Gasteiger partial charge on any atom is 0.416 e. The SMILES string of the molecule is CC1CN(Cc2ccccc2)CC1NC(=O)Nc1cccc(C(=O)Nc2cccc(C(F)(F)F)c2)c1. The summed E-state index contributed by atoms with van der Waals surface area (Å²) in [7, 11) is 0. The van der Waals surface area contributed by atoms with Crippen LogP contribution < -0.4 is 16.0 Å². The molecule has 9 heteroatoms. The number of carbonyl (C=O) groups is 2. The highest BCUT2D eigenvalue weighted by molar-refractivity contribution is 6.05. The lowest BCUT2D eigenvalue weighted by atomic mass is 10.1. The molecule has 2 atom stereocenters. The maximum absolute atomic E-state index is 12.9. The quantitative estimate of drug-likeness (QED) is 0.416. The van der Waals surface area contributed by atoms with E-state index in [9.17, 15) is 22.8 Å². The summed E-state index contributed by atoms with van der Waals surface area (Å²) in [5.74, 6) is -0.316. The topological polar surface area (TPSA) is 73.5 Å². The summed E-state index contributed by atoms with van der Waals surface area (Å²) >= 11 is 0. The Labute approximate surface area is 207 Å². The van der Waals surface area contributed by atoms with Crippen LogP contribution in [0.5, 0.6) is 0 Å². The number of benzene rings is 3. The van der Waals surface area contributed by atoms with E-state index in [1.165, 1.54) is 29.8 Å². The highest BCUT2D eigenvalue weighted by Crippen LogP contribution is 2.30. The molecule has 6 nitrogen and oxygen atoms in total. The molecule has 36 heavy (non-hydrogen) atoms. The number of alkyl halides is 3. The van der Waals surface area contributed by atoms with Gasteiger partial charge >= 0.3 is 12.2 Å². The average Bonchev–Trinajstić information content (AvgIpc) is 3.17. The van der Waals surface area contributed by atoms with E-state index in [1.807, 2.05) is 18.2 Å². The number of hydrogen-bond acceptors (Lipinski definition) is 3. The van der Waals surface area contributed by atoms with E-state index in [1.54, 1.807) is 12.1 Å². The lowest BCUT2D eigenvalue weighted by molar-refractivity contribution is -0.137. The molecule has 3 aromatic rings. The van der Waals surface area contributed by atoms with Crippen LogP contribution in [0.25, 0.3) is 0 Å². The van der Waals surface area contributed by atoms with Crippen molar-refractivity contribution in [3.8, 4) is 0 Å². The smallest absolute Gasteiger partial charge is 0.334 e. The molecule has 1 fully saturated rings. The minimum Gasteiger partial charge on any atom is -0.334 e. The number of halogens is 3. The Hall–Kier alpha value is -3.85. The van der Waals surface area contributed by atoms with Crippen molar-refractivity contribution < 1.29 is 22.8 Å². The predicted molar refractivity (Wildman–Crippen MR) is 133 cm³/mol. The van der Waals surface area contributed by atoms with Crippen molar-refractivity contribution in [3.63, 3.8) is 0 Å². The van der Waals surface area contributed by atoms with Crippen LogP contribution in [0.4, 0.5) is 29.3 Å². The Morgan fingerprint density at radius 3 is 2.31 bits per heavy atom. The van der Waals surface area contributed by atoms with Gasteiger partial charge in [0.25, 0.3) is 5.91 Å². The van der Waals surface area contributed by atoms with Gasteiger partial charge in [0.05, 0.1) is 5.56 Å². The number of urea groups is 1. The summed E-state index contributed by atoms with van der Waals surface area (Å²) in [5.41, 5.74) is 0.997. The number of rotatable bonds is 6. The summed E-state index contributed by atoms with van der Waals surface area (Å²) in [4.78, 5) is 27.5. The van der Waals surface area contributed by atoms with E-state index >= 15 is 0 Å². The number of likely N-dealkylation sites (tertiary alicyclic amines) is 1. The Balaban J connectivity index is 1.33. The van der Waals surface area contributed by atoms with Crippen LogP contribution in [-0.2, 0) is 12.7 Å². The van der Waals surface area contributed by atoms with Crippen LogP contribution in [0.3, 0.4) is 0 Å². The average molecular weight is 497 g/mol. The fraction of sp³-hybridized carbons (Fsp3) is 0.259. The zero-order valence-electron chi connectivity index (χ0n) is 19.7. The number of anilines is 2. The van der Waals surface area contributed by atoms with Gasteiger partial charge < -0.3 is 16.0 Å². The molecule has 0 bridgehead atoms. The molecule has 4 rings (SSSR count). The molecule has 3 N–H and O–H groups in total. The Morgan fingerprint density at radius 1 is 0.889 bits per heavy atom. The van der Waals surface area contributed by atoms with Gasteiger partial charge in [0.2, 0.25) is 0 Å². The molecule has 1 heterocycles. The van der Waals surface area contributed by atoms with E-state index in [0.717, 1.165) is 31.8 Å². The molecule has 0 aromatic heterocycles.